The second-order valence-corrected chi connectivity index (χ2v) is 8.88. The highest BCUT2D eigenvalue weighted by atomic mass is 19.2. The van der Waals surface area contributed by atoms with Crippen molar-refractivity contribution in [2.24, 2.45) is 17.8 Å². The van der Waals surface area contributed by atoms with Crippen LogP contribution in [0.5, 0.6) is 0 Å². The summed E-state index contributed by atoms with van der Waals surface area (Å²) in [5, 5.41) is 0. The molecule has 0 radical (unpaired) electrons. The molecule has 0 saturated heterocycles. The second kappa shape index (κ2) is 15.6. The van der Waals surface area contributed by atoms with Gasteiger partial charge in [0.1, 0.15) is 5.76 Å². The van der Waals surface area contributed by atoms with Crippen LogP contribution >= 0.6 is 0 Å². The molecule has 1 fully saturated rings. The van der Waals surface area contributed by atoms with Gasteiger partial charge in [-0.15, -0.1) is 6.58 Å². The average molecular weight is 443 g/mol. The number of allylic oxidation sites excluding steroid dienone is 4. The number of rotatable bonds is 11. The summed E-state index contributed by atoms with van der Waals surface area (Å²) in [5.41, 5.74) is 0.461. The molecule has 0 aromatic rings. The van der Waals surface area contributed by atoms with Gasteiger partial charge in [-0.25, -0.2) is 8.78 Å². The summed E-state index contributed by atoms with van der Waals surface area (Å²) in [6, 6.07) is 0. The van der Waals surface area contributed by atoms with E-state index in [9.17, 15) is 8.78 Å². The van der Waals surface area contributed by atoms with Gasteiger partial charge in [-0.2, -0.15) is 0 Å². The van der Waals surface area contributed by atoms with E-state index >= 15 is 0 Å². The maximum Gasteiger partial charge on any atom is 0.196 e. The molecule has 0 N–H and O–H groups in total. The number of halogens is 2. The van der Waals surface area contributed by atoms with Crippen molar-refractivity contribution >= 4 is 0 Å². The summed E-state index contributed by atoms with van der Waals surface area (Å²) in [6.07, 6.45) is 11.1. The Labute approximate surface area is 188 Å². The van der Waals surface area contributed by atoms with Crippen molar-refractivity contribution in [2.75, 3.05) is 20.3 Å². The van der Waals surface area contributed by atoms with Gasteiger partial charge in [-0.1, -0.05) is 46.1 Å². The molecule has 0 aromatic carbocycles. The fraction of sp³-hybridized carbons (Fsp3) is 0.769. The van der Waals surface area contributed by atoms with E-state index in [0.29, 0.717) is 37.5 Å². The molecule has 0 spiro atoms. The lowest BCUT2D eigenvalue weighted by molar-refractivity contribution is -0.145. The first-order valence-corrected chi connectivity index (χ1v) is 12.0. The van der Waals surface area contributed by atoms with Gasteiger partial charge in [0, 0.05) is 12.3 Å². The zero-order valence-electron chi connectivity index (χ0n) is 20.4. The molecule has 0 aromatic heterocycles. The van der Waals surface area contributed by atoms with Crippen LogP contribution in [-0.4, -0.2) is 26.6 Å². The Hall–Kier alpha value is -1.20. The SMILES string of the molecule is C=CCCC1CCC(COC(C)OCC(C)C2=C(F)C(F)=C(OC)CC2)CC1.CCC. The zero-order chi connectivity index (χ0) is 23.2. The molecule has 5 heteroatoms. The summed E-state index contributed by atoms with van der Waals surface area (Å²) >= 11 is 0. The van der Waals surface area contributed by atoms with Gasteiger partial charge in [0.2, 0.25) is 0 Å². The van der Waals surface area contributed by atoms with Gasteiger partial charge in [0.15, 0.2) is 17.9 Å². The predicted molar refractivity (Wildman–Crippen MR) is 124 cm³/mol. The van der Waals surface area contributed by atoms with E-state index in [1.165, 1.54) is 45.6 Å². The van der Waals surface area contributed by atoms with Crippen LogP contribution in [0.15, 0.2) is 35.6 Å². The molecule has 0 bridgehead atoms. The lowest BCUT2D eigenvalue weighted by Gasteiger charge is -2.29. The van der Waals surface area contributed by atoms with Gasteiger partial charge in [0.25, 0.3) is 0 Å². The minimum absolute atomic E-state index is 0.0882. The van der Waals surface area contributed by atoms with E-state index in [0.717, 1.165) is 12.3 Å². The van der Waals surface area contributed by atoms with Crippen molar-refractivity contribution in [3.8, 4) is 0 Å². The third kappa shape index (κ3) is 9.86. The number of hydrogen-bond donors (Lipinski definition) is 0. The van der Waals surface area contributed by atoms with Gasteiger partial charge >= 0.3 is 0 Å². The highest BCUT2D eigenvalue weighted by molar-refractivity contribution is 5.33. The molecule has 2 aliphatic carbocycles. The maximum absolute atomic E-state index is 14.2. The molecule has 2 rings (SSSR count). The molecule has 180 valence electrons. The minimum atomic E-state index is -0.872. The number of ether oxygens (including phenoxy) is 3. The van der Waals surface area contributed by atoms with E-state index < -0.39 is 11.7 Å². The molecule has 0 amide bonds. The Balaban J connectivity index is 0.00000151. The molecule has 2 unspecified atom stereocenters. The fourth-order valence-electron chi connectivity index (χ4n) is 4.13. The first kappa shape index (κ1) is 27.8. The lowest BCUT2D eigenvalue weighted by Crippen LogP contribution is -2.24. The summed E-state index contributed by atoms with van der Waals surface area (Å²) in [7, 11) is 1.37. The average Bonchev–Trinajstić information content (AvgIpc) is 2.77. The summed E-state index contributed by atoms with van der Waals surface area (Å²) in [6.45, 7) is 12.8. The van der Waals surface area contributed by atoms with E-state index in [1.54, 1.807) is 0 Å². The van der Waals surface area contributed by atoms with Crippen molar-refractivity contribution < 1.29 is 23.0 Å². The number of methoxy groups -OCH3 is 1. The van der Waals surface area contributed by atoms with Gasteiger partial charge in [0.05, 0.1) is 20.3 Å². The van der Waals surface area contributed by atoms with Gasteiger partial charge < -0.3 is 14.2 Å². The second-order valence-electron chi connectivity index (χ2n) is 8.88. The normalized spacial score (nSPS) is 23.7. The third-order valence-corrected chi connectivity index (χ3v) is 6.08. The van der Waals surface area contributed by atoms with Gasteiger partial charge in [-0.05, 0) is 56.4 Å². The zero-order valence-corrected chi connectivity index (χ0v) is 20.4. The standard InChI is InChI=1S/C23H36F2O3.C3H8/c1-5-6-7-18-8-10-19(11-9-18)15-28-17(3)27-14-16(2)20-12-13-21(26-4)23(25)22(20)24;1-3-2/h5,16-19H,1,6-15H2,2-4H3;3H2,1-2H3. The van der Waals surface area contributed by atoms with Crippen molar-refractivity contribution in [3.05, 3.63) is 35.6 Å². The fourth-order valence-corrected chi connectivity index (χ4v) is 4.13. The molecular weight excluding hydrogens is 398 g/mol. The van der Waals surface area contributed by atoms with Crippen molar-refractivity contribution in [1.29, 1.82) is 0 Å². The van der Waals surface area contributed by atoms with Crippen molar-refractivity contribution in [1.82, 2.24) is 0 Å². The van der Waals surface area contributed by atoms with Gasteiger partial charge in [-0.3, -0.25) is 0 Å². The van der Waals surface area contributed by atoms with Crippen LogP contribution in [0.4, 0.5) is 8.78 Å². The van der Waals surface area contributed by atoms with E-state index in [1.807, 2.05) is 19.9 Å². The monoisotopic (exact) mass is 442 g/mol. The van der Waals surface area contributed by atoms with E-state index in [2.05, 4.69) is 20.4 Å². The Morgan fingerprint density at radius 3 is 2.19 bits per heavy atom. The molecule has 31 heavy (non-hydrogen) atoms. The molecule has 2 atom stereocenters. The first-order valence-electron chi connectivity index (χ1n) is 12.0. The Morgan fingerprint density at radius 2 is 1.61 bits per heavy atom. The summed E-state index contributed by atoms with van der Waals surface area (Å²) < 4.78 is 44.7. The quantitative estimate of drug-likeness (QED) is 0.239. The molecule has 2 aliphatic rings. The first-order chi connectivity index (χ1) is 14.9. The van der Waals surface area contributed by atoms with Crippen LogP contribution in [0.1, 0.15) is 85.5 Å². The number of hydrogen-bond acceptors (Lipinski definition) is 3. The third-order valence-electron chi connectivity index (χ3n) is 6.08. The summed E-state index contributed by atoms with van der Waals surface area (Å²) in [5.74, 6) is -0.352. The van der Waals surface area contributed by atoms with Crippen LogP contribution in [0.3, 0.4) is 0 Å². The highest BCUT2D eigenvalue weighted by Gasteiger charge is 2.27. The molecule has 0 heterocycles. The Bertz CT molecular complexity index is 577. The Morgan fingerprint density at radius 1 is 1.00 bits per heavy atom. The lowest BCUT2D eigenvalue weighted by atomic mass is 9.80. The highest BCUT2D eigenvalue weighted by Crippen LogP contribution is 2.36. The van der Waals surface area contributed by atoms with Crippen molar-refractivity contribution in [3.63, 3.8) is 0 Å². The van der Waals surface area contributed by atoms with Crippen LogP contribution in [-0.2, 0) is 14.2 Å². The van der Waals surface area contributed by atoms with Crippen LogP contribution in [0.25, 0.3) is 0 Å². The molecular formula is C26H44F2O3. The van der Waals surface area contributed by atoms with Crippen LogP contribution in [0.2, 0.25) is 0 Å². The summed E-state index contributed by atoms with van der Waals surface area (Å²) in [4.78, 5) is 0. The van der Waals surface area contributed by atoms with Crippen LogP contribution < -0.4 is 0 Å². The predicted octanol–water partition coefficient (Wildman–Crippen LogP) is 8.04. The molecule has 0 aliphatic heterocycles. The smallest absolute Gasteiger partial charge is 0.196 e. The topological polar surface area (TPSA) is 27.7 Å². The molecule has 3 nitrogen and oxygen atoms in total. The van der Waals surface area contributed by atoms with Crippen molar-refractivity contribution in [2.45, 2.75) is 91.8 Å². The van der Waals surface area contributed by atoms with E-state index in [4.69, 9.17) is 14.2 Å². The van der Waals surface area contributed by atoms with E-state index in [-0.39, 0.29) is 18.0 Å². The minimum Gasteiger partial charge on any atom is -0.498 e. The van der Waals surface area contributed by atoms with Crippen LogP contribution in [0, 0.1) is 17.8 Å². The maximum atomic E-state index is 14.2. The molecule has 1 saturated carbocycles. The largest absolute Gasteiger partial charge is 0.498 e. The Kier molecular flexibility index (Phi) is 14.0.